The van der Waals surface area contributed by atoms with Crippen LogP contribution in [0.25, 0.3) is 0 Å². The largest absolute Gasteiger partial charge is 0.330 e. The maximum atomic E-state index is 13.4. The van der Waals surface area contributed by atoms with Gasteiger partial charge in [-0.25, -0.2) is 12.8 Å². The molecule has 0 aliphatic rings. The zero-order valence-electron chi connectivity index (χ0n) is 12.3. The van der Waals surface area contributed by atoms with Crippen LogP contribution < -0.4 is 5.73 Å². The fourth-order valence-corrected chi connectivity index (χ4v) is 3.85. The average molecular weight is 302 g/mol. The summed E-state index contributed by atoms with van der Waals surface area (Å²) in [5, 5.41) is 0. The first-order valence-electron chi connectivity index (χ1n) is 6.75. The van der Waals surface area contributed by atoms with Crippen molar-refractivity contribution in [2.45, 2.75) is 32.1 Å². The Kier molecular flexibility index (Phi) is 6.10. The van der Waals surface area contributed by atoms with Gasteiger partial charge in [-0.3, -0.25) is 0 Å². The Bertz CT molecular complexity index is 544. The van der Waals surface area contributed by atoms with Gasteiger partial charge in [-0.1, -0.05) is 19.9 Å². The highest BCUT2D eigenvalue weighted by molar-refractivity contribution is 7.89. The molecule has 0 aliphatic heterocycles. The molecule has 0 unspecified atom stereocenters. The van der Waals surface area contributed by atoms with Crippen LogP contribution in [0.4, 0.5) is 4.39 Å². The van der Waals surface area contributed by atoms with Gasteiger partial charge in [0.15, 0.2) is 0 Å². The van der Waals surface area contributed by atoms with Gasteiger partial charge in [0.05, 0.1) is 4.90 Å². The van der Waals surface area contributed by atoms with Crippen LogP contribution in [-0.2, 0) is 10.0 Å². The van der Waals surface area contributed by atoms with Crippen LogP contribution in [0.3, 0.4) is 0 Å². The van der Waals surface area contributed by atoms with E-state index in [9.17, 15) is 12.8 Å². The molecule has 0 radical (unpaired) electrons. The Morgan fingerprint density at radius 3 is 2.55 bits per heavy atom. The number of sulfonamides is 1. The Morgan fingerprint density at radius 1 is 1.35 bits per heavy atom. The standard InChI is InChI=1S/C14H23FN2O2S/c1-11(2)10-17(8-4-7-16)20(18,19)14-9-13(15)6-5-12(14)3/h5-6,9,11H,4,7-8,10,16H2,1-3H3. The van der Waals surface area contributed by atoms with Crippen molar-refractivity contribution < 1.29 is 12.8 Å². The normalized spacial score (nSPS) is 12.3. The molecule has 0 atom stereocenters. The first kappa shape index (κ1) is 17.1. The number of nitrogens with zero attached hydrogens (tertiary/aromatic N) is 1. The van der Waals surface area contributed by atoms with E-state index in [4.69, 9.17) is 5.73 Å². The second kappa shape index (κ2) is 7.15. The van der Waals surface area contributed by atoms with E-state index in [-0.39, 0.29) is 10.8 Å². The molecule has 2 N–H and O–H groups in total. The van der Waals surface area contributed by atoms with Crippen molar-refractivity contribution in [2.75, 3.05) is 19.6 Å². The molecule has 20 heavy (non-hydrogen) atoms. The van der Waals surface area contributed by atoms with Crippen molar-refractivity contribution in [3.05, 3.63) is 29.6 Å². The zero-order chi connectivity index (χ0) is 15.3. The van der Waals surface area contributed by atoms with Crippen molar-refractivity contribution >= 4 is 10.0 Å². The summed E-state index contributed by atoms with van der Waals surface area (Å²) >= 11 is 0. The molecule has 0 saturated carbocycles. The summed E-state index contributed by atoms with van der Waals surface area (Å²) in [6.45, 7) is 6.74. The molecule has 1 aromatic rings. The van der Waals surface area contributed by atoms with Crippen molar-refractivity contribution in [3.8, 4) is 0 Å². The third-order valence-electron chi connectivity index (χ3n) is 2.95. The molecule has 1 rings (SSSR count). The number of hydrogen-bond donors (Lipinski definition) is 1. The Balaban J connectivity index is 3.17. The zero-order valence-corrected chi connectivity index (χ0v) is 13.1. The molecule has 1 aromatic carbocycles. The fourth-order valence-electron chi connectivity index (χ4n) is 1.98. The first-order valence-corrected chi connectivity index (χ1v) is 8.19. The van der Waals surface area contributed by atoms with Crippen molar-refractivity contribution in [1.29, 1.82) is 0 Å². The van der Waals surface area contributed by atoms with Gasteiger partial charge in [-0.05, 0) is 43.5 Å². The smallest absolute Gasteiger partial charge is 0.243 e. The highest BCUT2D eigenvalue weighted by Gasteiger charge is 2.26. The van der Waals surface area contributed by atoms with E-state index in [1.54, 1.807) is 6.92 Å². The molecule has 0 spiro atoms. The van der Waals surface area contributed by atoms with Crippen LogP contribution >= 0.6 is 0 Å². The second-order valence-electron chi connectivity index (χ2n) is 5.31. The van der Waals surface area contributed by atoms with Gasteiger partial charge in [0, 0.05) is 13.1 Å². The second-order valence-corrected chi connectivity index (χ2v) is 7.22. The summed E-state index contributed by atoms with van der Waals surface area (Å²) in [6.07, 6.45) is 0.584. The summed E-state index contributed by atoms with van der Waals surface area (Å²) in [5.74, 6) is -0.353. The summed E-state index contributed by atoms with van der Waals surface area (Å²) in [6, 6.07) is 3.83. The molecular weight excluding hydrogens is 279 g/mol. The Hall–Kier alpha value is -0.980. The number of aryl methyl sites for hydroxylation is 1. The molecule has 0 fully saturated rings. The van der Waals surface area contributed by atoms with Crippen LogP contribution in [0.2, 0.25) is 0 Å². The molecule has 4 nitrogen and oxygen atoms in total. The van der Waals surface area contributed by atoms with E-state index < -0.39 is 15.8 Å². The molecule has 0 aliphatic carbocycles. The number of halogens is 1. The van der Waals surface area contributed by atoms with Gasteiger partial charge >= 0.3 is 0 Å². The highest BCUT2D eigenvalue weighted by Crippen LogP contribution is 2.22. The highest BCUT2D eigenvalue weighted by atomic mass is 32.2. The van der Waals surface area contributed by atoms with Gasteiger partial charge < -0.3 is 5.73 Å². The van der Waals surface area contributed by atoms with Crippen LogP contribution in [0.1, 0.15) is 25.8 Å². The summed E-state index contributed by atoms with van der Waals surface area (Å²) in [4.78, 5) is 0.0372. The van der Waals surface area contributed by atoms with Crippen LogP contribution in [0.5, 0.6) is 0 Å². The van der Waals surface area contributed by atoms with E-state index in [0.717, 1.165) is 6.07 Å². The van der Waals surface area contributed by atoms with Gasteiger partial charge in [0.2, 0.25) is 10.0 Å². The summed E-state index contributed by atoms with van der Waals surface area (Å²) in [5.41, 5.74) is 6.01. The third kappa shape index (κ3) is 4.26. The molecule has 0 bridgehead atoms. The van der Waals surface area contributed by atoms with Crippen LogP contribution in [0.15, 0.2) is 23.1 Å². The lowest BCUT2D eigenvalue weighted by atomic mass is 10.2. The molecule has 114 valence electrons. The lowest BCUT2D eigenvalue weighted by molar-refractivity contribution is 0.364. The minimum atomic E-state index is -3.68. The fraction of sp³-hybridized carbons (Fsp3) is 0.571. The average Bonchev–Trinajstić information content (AvgIpc) is 2.36. The number of nitrogens with two attached hydrogens (primary N) is 1. The minimum absolute atomic E-state index is 0.0372. The van der Waals surface area contributed by atoms with E-state index in [1.807, 2.05) is 13.8 Å². The van der Waals surface area contributed by atoms with Gasteiger partial charge in [0.25, 0.3) is 0 Å². The van der Waals surface area contributed by atoms with Gasteiger partial charge in [-0.15, -0.1) is 0 Å². The van der Waals surface area contributed by atoms with Gasteiger partial charge in [-0.2, -0.15) is 4.31 Å². The quantitative estimate of drug-likeness (QED) is 0.839. The molecule has 0 heterocycles. The summed E-state index contributed by atoms with van der Waals surface area (Å²) < 4.78 is 40.1. The van der Waals surface area contributed by atoms with Crippen molar-refractivity contribution in [1.82, 2.24) is 4.31 Å². The SMILES string of the molecule is Cc1ccc(F)cc1S(=O)(=O)N(CCCN)CC(C)C. The first-order chi connectivity index (χ1) is 9.28. The lowest BCUT2D eigenvalue weighted by Crippen LogP contribution is -2.36. The molecular formula is C14H23FN2O2S. The number of hydrogen-bond acceptors (Lipinski definition) is 3. The third-order valence-corrected chi connectivity index (χ3v) is 4.96. The molecule has 0 amide bonds. The van der Waals surface area contributed by atoms with E-state index in [2.05, 4.69) is 0 Å². The molecule has 0 saturated heterocycles. The minimum Gasteiger partial charge on any atom is -0.330 e. The van der Waals surface area contributed by atoms with Gasteiger partial charge in [0.1, 0.15) is 5.82 Å². The maximum absolute atomic E-state index is 13.4. The Labute approximate surface area is 120 Å². The van der Waals surface area contributed by atoms with Crippen LogP contribution in [-0.4, -0.2) is 32.4 Å². The number of rotatable bonds is 7. The van der Waals surface area contributed by atoms with E-state index >= 15 is 0 Å². The topological polar surface area (TPSA) is 63.4 Å². The summed E-state index contributed by atoms with van der Waals surface area (Å²) in [7, 11) is -3.68. The van der Waals surface area contributed by atoms with Crippen LogP contribution in [0, 0.1) is 18.7 Å². The predicted octanol–water partition coefficient (Wildman–Crippen LogP) is 2.13. The molecule has 0 aromatic heterocycles. The number of benzene rings is 1. The maximum Gasteiger partial charge on any atom is 0.243 e. The molecule has 6 heteroatoms. The monoisotopic (exact) mass is 302 g/mol. The lowest BCUT2D eigenvalue weighted by Gasteiger charge is -2.24. The van der Waals surface area contributed by atoms with Crippen molar-refractivity contribution in [3.63, 3.8) is 0 Å². The Morgan fingerprint density at radius 2 is 2.00 bits per heavy atom. The van der Waals surface area contributed by atoms with E-state index in [0.29, 0.717) is 31.6 Å². The van der Waals surface area contributed by atoms with E-state index in [1.165, 1.54) is 16.4 Å². The van der Waals surface area contributed by atoms with Crippen molar-refractivity contribution in [2.24, 2.45) is 11.7 Å². The predicted molar refractivity (Wildman–Crippen MR) is 78.4 cm³/mol.